The summed E-state index contributed by atoms with van der Waals surface area (Å²) in [6, 6.07) is 3.99. The van der Waals surface area contributed by atoms with Crippen LogP contribution in [0.15, 0.2) is 17.5 Å². The molecule has 0 aliphatic rings. The van der Waals surface area contributed by atoms with Crippen molar-refractivity contribution in [2.24, 2.45) is 0 Å². The van der Waals surface area contributed by atoms with E-state index in [0.717, 1.165) is 16.6 Å². The minimum atomic E-state index is -0.0795. The number of amides is 1. The lowest BCUT2D eigenvalue weighted by Gasteiger charge is -2.15. The highest BCUT2D eigenvalue weighted by atomic mass is 32.1. The third-order valence-corrected chi connectivity index (χ3v) is 4.99. The Kier molecular flexibility index (Phi) is 4.61. The van der Waals surface area contributed by atoms with Gasteiger partial charge in [-0.1, -0.05) is 17.4 Å². The van der Waals surface area contributed by atoms with Gasteiger partial charge in [-0.25, -0.2) is 4.98 Å². The van der Waals surface area contributed by atoms with E-state index >= 15 is 0 Å². The van der Waals surface area contributed by atoms with Crippen LogP contribution in [0.3, 0.4) is 0 Å². The summed E-state index contributed by atoms with van der Waals surface area (Å²) in [7, 11) is 3.71. The Morgan fingerprint density at radius 2 is 2.20 bits per heavy atom. The number of carbonyl (C=O) groups is 1. The molecule has 0 unspecified atom stereocenters. The molecule has 0 fully saturated rings. The fraction of sp³-hybridized carbons (Fsp3) is 0.385. The Hall–Kier alpha value is -1.60. The molecule has 0 aromatic carbocycles. The lowest BCUT2D eigenvalue weighted by Crippen LogP contribution is -2.25. The molecule has 2 heterocycles. The molecule has 0 aliphatic heterocycles. The van der Waals surface area contributed by atoms with Crippen LogP contribution in [0, 0.1) is 0 Å². The smallest absolute Gasteiger partial charge is 0.267 e. The second-order valence-corrected chi connectivity index (χ2v) is 6.48. The Balaban J connectivity index is 2.14. The molecule has 20 heavy (non-hydrogen) atoms. The van der Waals surface area contributed by atoms with Crippen molar-refractivity contribution >= 4 is 39.5 Å². The number of aromatic nitrogens is 1. The van der Waals surface area contributed by atoms with Crippen molar-refractivity contribution in [2.75, 3.05) is 31.3 Å². The first kappa shape index (κ1) is 14.8. The first-order chi connectivity index (χ1) is 9.52. The van der Waals surface area contributed by atoms with E-state index in [2.05, 4.69) is 4.98 Å². The highest BCUT2D eigenvalue weighted by molar-refractivity contribution is 7.18. The van der Waals surface area contributed by atoms with Gasteiger partial charge in [-0.05, 0) is 18.4 Å². The van der Waals surface area contributed by atoms with E-state index in [1.165, 1.54) is 11.3 Å². The highest BCUT2D eigenvalue weighted by Gasteiger charge is 2.21. The monoisotopic (exact) mass is 310 g/mol. The van der Waals surface area contributed by atoms with E-state index in [9.17, 15) is 4.79 Å². The van der Waals surface area contributed by atoms with Crippen molar-refractivity contribution in [2.45, 2.75) is 13.5 Å². The van der Waals surface area contributed by atoms with Crippen LogP contribution in [0.25, 0.3) is 0 Å². The minimum Gasteiger partial charge on any atom is -0.382 e. The number of hydrogen-bond donors (Lipinski definition) is 1. The summed E-state index contributed by atoms with van der Waals surface area (Å²) in [4.78, 5) is 22.0. The summed E-state index contributed by atoms with van der Waals surface area (Å²) < 4.78 is 0. The Morgan fingerprint density at radius 1 is 1.45 bits per heavy atom. The standard InChI is InChI=1S/C13H18N4OS2/c1-4-16(2)13-15-11(14)10(20-13)12(18)17(3)8-9-6-5-7-19-9/h5-7H,4,8,14H2,1-3H3. The van der Waals surface area contributed by atoms with E-state index < -0.39 is 0 Å². The van der Waals surface area contributed by atoms with Gasteiger partial charge < -0.3 is 15.5 Å². The number of carbonyl (C=O) groups excluding carboxylic acids is 1. The van der Waals surface area contributed by atoms with Gasteiger partial charge in [0.1, 0.15) is 10.7 Å². The fourth-order valence-corrected chi connectivity index (χ4v) is 3.42. The number of nitrogen functional groups attached to an aromatic ring is 1. The highest BCUT2D eigenvalue weighted by Crippen LogP contribution is 2.28. The first-order valence-corrected chi connectivity index (χ1v) is 7.97. The number of anilines is 2. The molecule has 0 saturated carbocycles. The van der Waals surface area contributed by atoms with Crippen molar-refractivity contribution in [1.29, 1.82) is 0 Å². The molecular weight excluding hydrogens is 292 g/mol. The summed E-state index contributed by atoms with van der Waals surface area (Å²) in [6.45, 7) is 3.44. The van der Waals surface area contributed by atoms with Gasteiger partial charge in [0.05, 0.1) is 6.54 Å². The SMILES string of the molecule is CCN(C)c1nc(N)c(C(=O)N(C)Cc2cccs2)s1. The van der Waals surface area contributed by atoms with Gasteiger partial charge in [0.25, 0.3) is 5.91 Å². The van der Waals surface area contributed by atoms with Crippen LogP contribution in [0.4, 0.5) is 10.9 Å². The van der Waals surface area contributed by atoms with Crippen LogP contribution in [0.5, 0.6) is 0 Å². The molecule has 1 amide bonds. The van der Waals surface area contributed by atoms with Crippen molar-refractivity contribution in [1.82, 2.24) is 9.88 Å². The third-order valence-electron chi connectivity index (χ3n) is 2.96. The summed E-state index contributed by atoms with van der Waals surface area (Å²) in [5, 5.41) is 2.78. The zero-order valence-corrected chi connectivity index (χ0v) is 13.4. The predicted molar refractivity (Wildman–Crippen MR) is 85.6 cm³/mol. The van der Waals surface area contributed by atoms with Gasteiger partial charge in [0, 0.05) is 25.5 Å². The first-order valence-electron chi connectivity index (χ1n) is 6.28. The largest absolute Gasteiger partial charge is 0.382 e. The van der Waals surface area contributed by atoms with Gasteiger partial charge in [-0.2, -0.15) is 0 Å². The van der Waals surface area contributed by atoms with Gasteiger partial charge in [0.15, 0.2) is 5.13 Å². The molecule has 0 radical (unpaired) electrons. The van der Waals surface area contributed by atoms with Crippen LogP contribution in [-0.2, 0) is 6.54 Å². The lowest BCUT2D eigenvalue weighted by molar-refractivity contribution is 0.0792. The number of nitrogens with zero attached hydrogens (tertiary/aromatic N) is 3. The molecule has 2 aromatic heterocycles. The number of nitrogens with two attached hydrogens (primary N) is 1. The fourth-order valence-electron chi connectivity index (χ4n) is 1.65. The van der Waals surface area contributed by atoms with Crippen LogP contribution in [0.1, 0.15) is 21.5 Å². The second kappa shape index (κ2) is 6.23. The number of rotatable bonds is 5. The van der Waals surface area contributed by atoms with Crippen molar-refractivity contribution in [3.05, 3.63) is 27.3 Å². The van der Waals surface area contributed by atoms with Crippen LogP contribution in [0.2, 0.25) is 0 Å². The van der Waals surface area contributed by atoms with E-state index in [-0.39, 0.29) is 5.91 Å². The van der Waals surface area contributed by atoms with Gasteiger partial charge >= 0.3 is 0 Å². The summed E-state index contributed by atoms with van der Waals surface area (Å²) >= 11 is 2.98. The average molecular weight is 310 g/mol. The zero-order valence-electron chi connectivity index (χ0n) is 11.8. The van der Waals surface area contributed by atoms with Crippen molar-refractivity contribution < 1.29 is 4.79 Å². The maximum Gasteiger partial charge on any atom is 0.267 e. The van der Waals surface area contributed by atoms with E-state index in [0.29, 0.717) is 17.2 Å². The van der Waals surface area contributed by atoms with Crippen LogP contribution >= 0.6 is 22.7 Å². The predicted octanol–water partition coefficient (Wildman–Crippen LogP) is 2.52. The molecule has 2 rings (SSSR count). The van der Waals surface area contributed by atoms with Crippen molar-refractivity contribution in [3.8, 4) is 0 Å². The molecule has 108 valence electrons. The summed E-state index contributed by atoms with van der Waals surface area (Å²) in [6.07, 6.45) is 0. The van der Waals surface area contributed by atoms with E-state index in [1.807, 2.05) is 36.4 Å². The molecule has 2 N–H and O–H groups in total. The number of hydrogen-bond acceptors (Lipinski definition) is 6. The molecule has 2 aromatic rings. The molecule has 0 saturated heterocycles. The molecular formula is C13H18N4OS2. The molecule has 0 bridgehead atoms. The van der Waals surface area contributed by atoms with E-state index in [4.69, 9.17) is 5.73 Å². The minimum absolute atomic E-state index is 0.0795. The third kappa shape index (κ3) is 3.10. The summed E-state index contributed by atoms with van der Waals surface area (Å²) in [5.74, 6) is 0.234. The second-order valence-electron chi connectivity index (χ2n) is 4.47. The number of thiazole rings is 1. The van der Waals surface area contributed by atoms with Crippen molar-refractivity contribution in [3.63, 3.8) is 0 Å². The zero-order chi connectivity index (χ0) is 14.7. The van der Waals surface area contributed by atoms with Gasteiger partial charge in [0.2, 0.25) is 0 Å². The van der Waals surface area contributed by atoms with Crippen LogP contribution < -0.4 is 10.6 Å². The van der Waals surface area contributed by atoms with Gasteiger partial charge in [-0.3, -0.25) is 4.79 Å². The Bertz CT molecular complexity index is 579. The van der Waals surface area contributed by atoms with Gasteiger partial charge in [-0.15, -0.1) is 11.3 Å². The maximum atomic E-state index is 12.4. The van der Waals surface area contributed by atoms with E-state index in [1.54, 1.807) is 23.3 Å². The van der Waals surface area contributed by atoms with Crippen LogP contribution in [-0.4, -0.2) is 36.4 Å². The quantitative estimate of drug-likeness (QED) is 0.922. The lowest BCUT2D eigenvalue weighted by atomic mass is 10.4. The Morgan fingerprint density at radius 3 is 2.80 bits per heavy atom. The molecule has 0 atom stereocenters. The molecule has 7 heteroatoms. The molecule has 0 spiro atoms. The normalized spacial score (nSPS) is 10.6. The Labute approximate surface area is 126 Å². The average Bonchev–Trinajstić information content (AvgIpc) is 3.06. The maximum absolute atomic E-state index is 12.4. The molecule has 0 aliphatic carbocycles. The topological polar surface area (TPSA) is 62.5 Å². The number of thiophene rings is 1. The molecule has 5 nitrogen and oxygen atoms in total. The summed E-state index contributed by atoms with van der Waals surface area (Å²) in [5.41, 5.74) is 5.87.